The third-order valence-corrected chi connectivity index (χ3v) is 5.46. The molecule has 0 aliphatic heterocycles. The van der Waals surface area contributed by atoms with Gasteiger partial charge in [0, 0.05) is 16.5 Å². The molecule has 0 unspecified atom stereocenters. The van der Waals surface area contributed by atoms with Gasteiger partial charge in [0.2, 0.25) is 0 Å². The summed E-state index contributed by atoms with van der Waals surface area (Å²) in [6.07, 6.45) is 0. The van der Waals surface area contributed by atoms with Crippen molar-refractivity contribution in [1.82, 2.24) is 0 Å². The minimum absolute atomic E-state index is 0. The first-order valence-corrected chi connectivity index (χ1v) is 9.29. The number of halogens is 2. The number of hydrogen-bond acceptors (Lipinski definition) is 2. The fourth-order valence-electron chi connectivity index (χ4n) is 4.18. The first-order chi connectivity index (χ1) is 12.4. The van der Waals surface area contributed by atoms with Gasteiger partial charge in [-0.25, -0.2) is 0 Å². The van der Waals surface area contributed by atoms with Crippen LogP contribution >= 0.6 is 0 Å². The van der Waals surface area contributed by atoms with Gasteiger partial charge in [0.05, 0.1) is 11.4 Å². The Morgan fingerprint density at radius 2 is 1.17 bits per heavy atom. The Bertz CT molecular complexity index is 1060. The zero-order valence-corrected chi connectivity index (χ0v) is 21.0. The molecule has 1 aliphatic carbocycles. The van der Waals surface area contributed by atoms with Crippen molar-refractivity contribution in [2.75, 3.05) is 0 Å². The zero-order valence-electron chi connectivity index (χ0n) is 16.8. The van der Waals surface area contributed by atoms with E-state index in [-0.39, 0.29) is 50.5 Å². The second-order valence-corrected chi connectivity index (χ2v) is 7.76. The fraction of sp³-hybridized carbons (Fsp3) is 0.250. The number of rotatable bonds is 3. The summed E-state index contributed by atoms with van der Waals surface area (Å²) in [5.74, 6) is 0.800. The normalized spacial score (nSPS) is 12.1. The fourth-order valence-corrected chi connectivity index (χ4v) is 4.18. The maximum Gasteiger partial charge on any atom is 2.00 e. The van der Waals surface area contributed by atoms with Gasteiger partial charge in [-0.3, -0.25) is 10.8 Å². The molecule has 0 amide bonds. The molecule has 5 heteroatoms. The Morgan fingerprint density at radius 3 is 1.72 bits per heavy atom. The van der Waals surface area contributed by atoms with E-state index < -0.39 is 0 Å². The molecule has 0 atom stereocenters. The smallest absolute Gasteiger partial charge is 1.00 e. The first kappa shape index (κ1) is 25.7. The van der Waals surface area contributed by atoms with Crippen LogP contribution in [0.2, 0.25) is 0 Å². The van der Waals surface area contributed by atoms with Gasteiger partial charge in [0.1, 0.15) is 0 Å². The Hall–Kier alpha value is -1.29. The SMILES string of the molecule is CC(C)c1cccc(C(C)C)c1-c1ccc2cccc3c2c1C(=N)C3=N.[Br-].[Br-].[Ni+2]. The van der Waals surface area contributed by atoms with Crippen LogP contribution in [0.3, 0.4) is 0 Å². The molecule has 0 heterocycles. The van der Waals surface area contributed by atoms with Crippen molar-refractivity contribution < 1.29 is 50.5 Å². The number of benzene rings is 3. The van der Waals surface area contributed by atoms with Gasteiger partial charge in [0.15, 0.2) is 0 Å². The maximum atomic E-state index is 8.65. The molecule has 0 spiro atoms. The average molecular weight is 559 g/mol. The maximum absolute atomic E-state index is 8.65. The third-order valence-electron chi connectivity index (χ3n) is 5.46. The molecule has 2 N–H and O–H groups in total. The van der Waals surface area contributed by atoms with Gasteiger partial charge in [0.25, 0.3) is 0 Å². The van der Waals surface area contributed by atoms with Gasteiger partial charge in [-0.1, -0.05) is 76.2 Å². The van der Waals surface area contributed by atoms with E-state index in [4.69, 9.17) is 10.8 Å². The van der Waals surface area contributed by atoms with Crippen LogP contribution in [0.25, 0.3) is 21.9 Å². The van der Waals surface area contributed by atoms with Crippen molar-refractivity contribution >= 4 is 22.2 Å². The summed E-state index contributed by atoms with van der Waals surface area (Å²) >= 11 is 0. The standard InChI is InChI=1S/C24H24N2.2BrH.Ni/c1-13(2)16-8-6-9-17(14(3)4)21(16)18-12-11-15-7-5-10-19-20(15)22(18)24(26)23(19)25;;;/h5-14,25-26H,1-4H3;2*1H;/q;;;+2/p-2. The van der Waals surface area contributed by atoms with Gasteiger partial charge in [-0.15, -0.1) is 0 Å². The molecule has 0 saturated heterocycles. The van der Waals surface area contributed by atoms with Crippen LogP contribution in [0, 0.1) is 10.8 Å². The molecule has 2 nitrogen and oxygen atoms in total. The summed E-state index contributed by atoms with van der Waals surface area (Å²) < 4.78 is 0. The summed E-state index contributed by atoms with van der Waals surface area (Å²) in [5, 5.41) is 19.3. The third kappa shape index (κ3) is 4.02. The summed E-state index contributed by atoms with van der Waals surface area (Å²) in [5.41, 5.74) is 7.49. The molecular weight excluding hydrogens is 535 g/mol. The molecule has 0 aromatic heterocycles. The number of nitrogens with one attached hydrogen (secondary N) is 2. The molecule has 0 radical (unpaired) electrons. The Labute approximate surface area is 204 Å². The van der Waals surface area contributed by atoms with E-state index in [1.165, 1.54) is 16.7 Å². The van der Waals surface area contributed by atoms with E-state index in [1.807, 2.05) is 12.1 Å². The predicted molar refractivity (Wildman–Crippen MR) is 111 cm³/mol. The van der Waals surface area contributed by atoms with Crippen molar-refractivity contribution in [3.8, 4) is 11.1 Å². The van der Waals surface area contributed by atoms with E-state index in [1.54, 1.807) is 0 Å². The summed E-state index contributed by atoms with van der Waals surface area (Å²) in [4.78, 5) is 0. The molecule has 3 aromatic rings. The molecule has 154 valence electrons. The van der Waals surface area contributed by atoms with Crippen LogP contribution in [-0.4, -0.2) is 11.4 Å². The van der Waals surface area contributed by atoms with Crippen LogP contribution in [-0.2, 0) is 16.5 Å². The molecule has 0 bridgehead atoms. The average Bonchev–Trinajstić information content (AvgIpc) is 2.89. The Kier molecular flexibility index (Phi) is 8.60. The second kappa shape index (κ2) is 9.68. The van der Waals surface area contributed by atoms with E-state index in [9.17, 15) is 0 Å². The van der Waals surface area contributed by atoms with E-state index in [2.05, 4.69) is 64.1 Å². The molecule has 4 rings (SSSR count). The summed E-state index contributed by atoms with van der Waals surface area (Å²) in [6.45, 7) is 8.90. The van der Waals surface area contributed by atoms with E-state index >= 15 is 0 Å². The van der Waals surface area contributed by atoms with Gasteiger partial charge < -0.3 is 34.0 Å². The van der Waals surface area contributed by atoms with Crippen molar-refractivity contribution in [1.29, 1.82) is 10.8 Å². The molecule has 29 heavy (non-hydrogen) atoms. The predicted octanol–water partition coefficient (Wildman–Crippen LogP) is 0.508. The van der Waals surface area contributed by atoms with E-state index in [0.717, 1.165) is 27.5 Å². The zero-order chi connectivity index (χ0) is 18.6. The van der Waals surface area contributed by atoms with Crippen molar-refractivity contribution in [3.63, 3.8) is 0 Å². The second-order valence-electron chi connectivity index (χ2n) is 7.76. The van der Waals surface area contributed by atoms with Gasteiger partial charge in [-0.05, 0) is 39.5 Å². The molecule has 1 aliphatic rings. The molecular formula is C24H24Br2N2Ni. The van der Waals surface area contributed by atoms with Crippen molar-refractivity contribution in [2.45, 2.75) is 39.5 Å². The topological polar surface area (TPSA) is 47.7 Å². The Balaban J connectivity index is 0.00000140. The Morgan fingerprint density at radius 1 is 0.621 bits per heavy atom. The summed E-state index contributed by atoms with van der Waals surface area (Å²) in [6, 6.07) is 16.9. The van der Waals surface area contributed by atoms with Crippen LogP contribution in [0.15, 0.2) is 48.5 Å². The minimum Gasteiger partial charge on any atom is -1.00 e. The molecule has 3 aromatic carbocycles. The largest absolute Gasteiger partial charge is 2.00 e. The van der Waals surface area contributed by atoms with Crippen LogP contribution in [0.4, 0.5) is 0 Å². The van der Waals surface area contributed by atoms with Gasteiger partial charge in [-0.2, -0.15) is 0 Å². The van der Waals surface area contributed by atoms with E-state index in [0.29, 0.717) is 23.3 Å². The first-order valence-electron chi connectivity index (χ1n) is 9.29. The molecule has 0 saturated carbocycles. The van der Waals surface area contributed by atoms with Crippen LogP contribution < -0.4 is 34.0 Å². The van der Waals surface area contributed by atoms with Crippen LogP contribution in [0.5, 0.6) is 0 Å². The quantitative estimate of drug-likeness (QED) is 0.440. The van der Waals surface area contributed by atoms with Gasteiger partial charge >= 0.3 is 16.5 Å². The number of hydrogen-bond donors (Lipinski definition) is 2. The van der Waals surface area contributed by atoms with Crippen molar-refractivity contribution in [2.24, 2.45) is 0 Å². The van der Waals surface area contributed by atoms with Crippen LogP contribution in [0.1, 0.15) is 61.8 Å². The molecule has 0 fully saturated rings. The van der Waals surface area contributed by atoms with Crippen molar-refractivity contribution in [3.05, 3.63) is 70.8 Å². The monoisotopic (exact) mass is 556 g/mol. The summed E-state index contributed by atoms with van der Waals surface area (Å²) in [7, 11) is 0. The minimum atomic E-state index is 0.